The van der Waals surface area contributed by atoms with Crippen LogP contribution in [0, 0.1) is 12.8 Å². The van der Waals surface area contributed by atoms with Gasteiger partial charge < -0.3 is 21.5 Å². The molecule has 1 aliphatic heterocycles. The van der Waals surface area contributed by atoms with E-state index < -0.39 is 0 Å². The van der Waals surface area contributed by atoms with Crippen molar-refractivity contribution in [3.8, 4) is 0 Å². The highest BCUT2D eigenvalue weighted by Crippen LogP contribution is 2.17. The van der Waals surface area contributed by atoms with Crippen molar-refractivity contribution in [3.05, 3.63) is 23.4 Å². The van der Waals surface area contributed by atoms with Crippen LogP contribution < -0.4 is 16.4 Å². The van der Waals surface area contributed by atoms with Crippen LogP contribution in [0.5, 0.6) is 0 Å². The van der Waals surface area contributed by atoms with Crippen LogP contribution in [-0.2, 0) is 6.42 Å². The van der Waals surface area contributed by atoms with Crippen molar-refractivity contribution in [2.45, 2.75) is 25.8 Å². The van der Waals surface area contributed by atoms with E-state index >= 15 is 0 Å². The molecule has 0 spiro atoms. The second-order valence-electron chi connectivity index (χ2n) is 5.32. The van der Waals surface area contributed by atoms with Gasteiger partial charge in [0.15, 0.2) is 0 Å². The number of aliphatic hydroxyl groups excluding tert-OH is 1. The number of rotatable bonds is 6. The van der Waals surface area contributed by atoms with Crippen molar-refractivity contribution in [2.24, 2.45) is 5.92 Å². The van der Waals surface area contributed by atoms with Crippen molar-refractivity contribution in [1.82, 2.24) is 15.6 Å². The molecule has 5 nitrogen and oxygen atoms in total. The van der Waals surface area contributed by atoms with Crippen LogP contribution >= 0.6 is 0 Å². The van der Waals surface area contributed by atoms with Crippen LogP contribution in [0.1, 0.15) is 17.7 Å². The maximum atomic E-state index is 8.82. The van der Waals surface area contributed by atoms with E-state index in [4.69, 9.17) is 10.8 Å². The molecule has 5 N–H and O–H groups in total. The fourth-order valence-corrected chi connectivity index (χ4v) is 2.69. The van der Waals surface area contributed by atoms with Crippen molar-refractivity contribution >= 4 is 5.82 Å². The minimum atomic E-state index is 0.244. The molecule has 19 heavy (non-hydrogen) atoms. The minimum absolute atomic E-state index is 0.244. The number of aryl methyl sites for hydroxylation is 1. The van der Waals surface area contributed by atoms with Gasteiger partial charge in [0.05, 0.1) is 0 Å². The predicted octanol–water partition coefficient (Wildman–Crippen LogP) is 0.0747. The highest BCUT2D eigenvalue weighted by molar-refractivity contribution is 5.34. The molecule has 2 rings (SSSR count). The summed E-state index contributed by atoms with van der Waals surface area (Å²) in [6, 6.07) is 4.46. The number of nitrogens with two attached hydrogens (primary N) is 1. The smallest absolute Gasteiger partial charge is 0.123 e. The third-order valence-electron chi connectivity index (χ3n) is 3.60. The number of nitrogens with zero attached hydrogens (tertiary/aromatic N) is 1. The molecule has 0 aliphatic carbocycles. The van der Waals surface area contributed by atoms with Gasteiger partial charge in [-0.15, -0.1) is 0 Å². The van der Waals surface area contributed by atoms with E-state index in [1.165, 1.54) is 5.56 Å². The quantitative estimate of drug-likeness (QED) is 0.547. The van der Waals surface area contributed by atoms with E-state index in [0.717, 1.165) is 38.2 Å². The van der Waals surface area contributed by atoms with Crippen LogP contribution in [-0.4, -0.2) is 42.4 Å². The predicted molar refractivity (Wildman–Crippen MR) is 76.9 cm³/mol. The maximum absolute atomic E-state index is 8.82. The highest BCUT2D eigenvalue weighted by Gasteiger charge is 2.26. The van der Waals surface area contributed by atoms with Gasteiger partial charge in [-0.2, -0.15) is 0 Å². The molecule has 1 aromatic heterocycles. The lowest BCUT2D eigenvalue weighted by atomic mass is 9.97. The third-order valence-corrected chi connectivity index (χ3v) is 3.60. The summed E-state index contributed by atoms with van der Waals surface area (Å²) in [5, 5.41) is 15.7. The zero-order valence-corrected chi connectivity index (χ0v) is 11.5. The topological polar surface area (TPSA) is 83.2 Å². The summed E-state index contributed by atoms with van der Waals surface area (Å²) in [7, 11) is 0. The number of pyridine rings is 1. The molecule has 1 saturated heterocycles. The maximum Gasteiger partial charge on any atom is 0.123 e. The SMILES string of the molecule is Cc1cc(N)nc(C[C@H]2CNC[C@@H]2NCCCO)c1. The summed E-state index contributed by atoms with van der Waals surface area (Å²) < 4.78 is 0. The minimum Gasteiger partial charge on any atom is -0.396 e. The first kappa shape index (κ1) is 14.2. The molecule has 0 radical (unpaired) electrons. The first-order chi connectivity index (χ1) is 9.19. The van der Waals surface area contributed by atoms with E-state index in [2.05, 4.69) is 21.7 Å². The number of hydrogen-bond acceptors (Lipinski definition) is 5. The van der Waals surface area contributed by atoms with E-state index in [-0.39, 0.29) is 6.61 Å². The highest BCUT2D eigenvalue weighted by atomic mass is 16.3. The van der Waals surface area contributed by atoms with Crippen molar-refractivity contribution < 1.29 is 5.11 Å². The Morgan fingerprint density at radius 3 is 3.05 bits per heavy atom. The molecule has 1 aliphatic rings. The van der Waals surface area contributed by atoms with E-state index in [1.54, 1.807) is 0 Å². The van der Waals surface area contributed by atoms with Crippen LogP contribution in [0.2, 0.25) is 0 Å². The van der Waals surface area contributed by atoms with Crippen molar-refractivity contribution in [2.75, 3.05) is 32.0 Å². The number of hydrogen-bond donors (Lipinski definition) is 4. The van der Waals surface area contributed by atoms with Crippen LogP contribution in [0.4, 0.5) is 5.82 Å². The summed E-state index contributed by atoms with van der Waals surface area (Å²) in [5.41, 5.74) is 8.03. The van der Waals surface area contributed by atoms with E-state index in [0.29, 0.717) is 17.8 Å². The molecule has 0 amide bonds. The van der Waals surface area contributed by atoms with Gasteiger partial charge in [0.25, 0.3) is 0 Å². The van der Waals surface area contributed by atoms with Crippen LogP contribution in [0.15, 0.2) is 12.1 Å². The Hall–Kier alpha value is -1.17. The second-order valence-corrected chi connectivity index (χ2v) is 5.32. The number of nitrogens with one attached hydrogen (secondary N) is 2. The Morgan fingerprint density at radius 1 is 1.47 bits per heavy atom. The zero-order chi connectivity index (χ0) is 13.7. The number of aromatic nitrogens is 1. The molecule has 1 aromatic rings. The second kappa shape index (κ2) is 6.84. The van der Waals surface area contributed by atoms with Gasteiger partial charge in [-0.05, 0) is 56.5 Å². The van der Waals surface area contributed by atoms with Crippen LogP contribution in [0.25, 0.3) is 0 Å². The Kier molecular flexibility index (Phi) is 5.13. The van der Waals surface area contributed by atoms with Gasteiger partial charge in [0.1, 0.15) is 5.82 Å². The molecular formula is C14H24N4O. The zero-order valence-electron chi connectivity index (χ0n) is 11.5. The van der Waals surface area contributed by atoms with Gasteiger partial charge in [-0.3, -0.25) is 0 Å². The molecule has 0 bridgehead atoms. The summed E-state index contributed by atoms with van der Waals surface area (Å²) in [5.74, 6) is 1.14. The van der Waals surface area contributed by atoms with Crippen LogP contribution in [0.3, 0.4) is 0 Å². The van der Waals surface area contributed by atoms with Crippen molar-refractivity contribution in [3.63, 3.8) is 0 Å². The molecule has 106 valence electrons. The summed E-state index contributed by atoms with van der Waals surface area (Å²) in [6.07, 6.45) is 1.74. The lowest BCUT2D eigenvalue weighted by molar-refractivity contribution is 0.280. The largest absolute Gasteiger partial charge is 0.396 e. The fourth-order valence-electron chi connectivity index (χ4n) is 2.69. The van der Waals surface area contributed by atoms with Gasteiger partial charge in [0, 0.05) is 24.9 Å². The van der Waals surface area contributed by atoms with Gasteiger partial charge in [0.2, 0.25) is 0 Å². The number of aliphatic hydroxyl groups is 1. The van der Waals surface area contributed by atoms with Gasteiger partial charge in [-0.1, -0.05) is 0 Å². The Bertz CT molecular complexity index is 390. The first-order valence-electron chi connectivity index (χ1n) is 6.97. The summed E-state index contributed by atoms with van der Waals surface area (Å²) in [6.45, 7) is 5.14. The van der Waals surface area contributed by atoms with E-state index in [9.17, 15) is 0 Å². The molecule has 5 heteroatoms. The standard InChI is InChI=1S/C14H24N4O/c1-10-5-12(18-14(15)6-10)7-11-8-16-9-13(11)17-3-2-4-19/h5-6,11,13,16-17,19H,2-4,7-9H2,1H3,(H2,15,18)/t11-,13-/m0/s1. The monoisotopic (exact) mass is 264 g/mol. The third kappa shape index (κ3) is 4.16. The van der Waals surface area contributed by atoms with Crippen molar-refractivity contribution in [1.29, 1.82) is 0 Å². The number of anilines is 1. The average molecular weight is 264 g/mol. The Balaban J connectivity index is 1.93. The lowest BCUT2D eigenvalue weighted by Crippen LogP contribution is -2.37. The molecule has 2 atom stereocenters. The molecule has 1 fully saturated rings. The van der Waals surface area contributed by atoms with E-state index in [1.807, 2.05) is 13.0 Å². The Morgan fingerprint density at radius 2 is 2.32 bits per heavy atom. The summed E-state index contributed by atoms with van der Waals surface area (Å²) in [4.78, 5) is 4.41. The Labute approximate surface area is 114 Å². The fraction of sp³-hybridized carbons (Fsp3) is 0.643. The lowest BCUT2D eigenvalue weighted by Gasteiger charge is -2.20. The number of nitrogen functional groups attached to an aromatic ring is 1. The molecular weight excluding hydrogens is 240 g/mol. The molecule has 0 saturated carbocycles. The first-order valence-corrected chi connectivity index (χ1v) is 6.97. The van der Waals surface area contributed by atoms with Gasteiger partial charge >= 0.3 is 0 Å². The average Bonchev–Trinajstić information content (AvgIpc) is 2.76. The molecule has 0 aromatic carbocycles. The molecule has 0 unspecified atom stereocenters. The van der Waals surface area contributed by atoms with Gasteiger partial charge in [-0.25, -0.2) is 4.98 Å². The normalized spacial score (nSPS) is 22.8. The summed E-state index contributed by atoms with van der Waals surface area (Å²) >= 11 is 0. The molecule has 2 heterocycles.